The van der Waals surface area contributed by atoms with Crippen LogP contribution in [0.1, 0.15) is 52.0 Å². The second-order valence-corrected chi connectivity index (χ2v) is 8.46. The first-order chi connectivity index (χ1) is 18.7. The summed E-state index contributed by atoms with van der Waals surface area (Å²) in [6.45, 7) is 2.69. The van der Waals surface area contributed by atoms with E-state index >= 15 is 0 Å². The van der Waals surface area contributed by atoms with Crippen molar-refractivity contribution >= 4 is 23.9 Å². The number of rotatable bonds is 10. The molecule has 1 atom stereocenters. The fraction of sp³-hybridized carbons (Fsp3) is 0.259. The fourth-order valence-corrected chi connectivity index (χ4v) is 3.44. The first-order valence-corrected chi connectivity index (χ1v) is 11.9. The molecule has 3 N–H and O–H groups in total. The largest absolute Gasteiger partial charge is 0.509 e. The van der Waals surface area contributed by atoms with Gasteiger partial charge in [-0.1, -0.05) is 60.7 Å². The maximum absolute atomic E-state index is 13.0. The van der Waals surface area contributed by atoms with Crippen LogP contribution in [0.4, 0.5) is 4.79 Å². The molecule has 39 heavy (non-hydrogen) atoms. The third kappa shape index (κ3) is 7.99. The molecular formula is C27H28N4O8. The zero-order valence-electron chi connectivity index (χ0n) is 21.5. The molecule has 2 amide bonds. The smallest absolute Gasteiger partial charge is 0.466 e. The lowest BCUT2D eigenvalue weighted by Gasteiger charge is -2.19. The number of carbonyl (C=O) groups is 4. The van der Waals surface area contributed by atoms with E-state index in [4.69, 9.17) is 9.47 Å². The third-order valence-electron chi connectivity index (χ3n) is 5.28. The summed E-state index contributed by atoms with van der Waals surface area (Å²) in [5, 5.41) is 5.15. The van der Waals surface area contributed by atoms with Crippen LogP contribution >= 0.6 is 0 Å². The standard InChI is InChI=1S/C27H28N4O8/c1-16(2)38-27(36)39-20(26(35)37-3)15-29-25(34)22-28-14-19(24(33)31-22)23(32)30-21(17-10-6-4-7-11-17)18-12-8-5-9-13-18/h4-14,16,20-21H,15H2,1-3H3,(H,29,34)(H,30,32)(H,28,31,33). The predicted octanol–water partition coefficient (Wildman–Crippen LogP) is 2.12. The second kappa shape index (κ2) is 13.5. The zero-order valence-corrected chi connectivity index (χ0v) is 21.5. The van der Waals surface area contributed by atoms with Crippen LogP contribution in [0, 0.1) is 0 Å². The number of hydrogen-bond acceptors (Lipinski definition) is 9. The van der Waals surface area contributed by atoms with Gasteiger partial charge in [0.1, 0.15) is 5.56 Å². The molecule has 0 saturated heterocycles. The van der Waals surface area contributed by atoms with Crippen LogP contribution in [0.5, 0.6) is 0 Å². The number of esters is 1. The highest BCUT2D eigenvalue weighted by atomic mass is 16.7. The topological polar surface area (TPSA) is 166 Å². The molecule has 0 aliphatic rings. The second-order valence-electron chi connectivity index (χ2n) is 8.46. The summed E-state index contributed by atoms with van der Waals surface area (Å²) in [5.41, 5.74) is 0.443. The van der Waals surface area contributed by atoms with Gasteiger partial charge in [-0.3, -0.25) is 14.4 Å². The Morgan fingerprint density at radius 3 is 2.00 bits per heavy atom. The molecule has 1 aromatic heterocycles. The highest BCUT2D eigenvalue weighted by molar-refractivity contribution is 5.95. The van der Waals surface area contributed by atoms with Gasteiger partial charge in [0.25, 0.3) is 17.4 Å². The summed E-state index contributed by atoms with van der Waals surface area (Å²) >= 11 is 0. The van der Waals surface area contributed by atoms with Crippen molar-refractivity contribution in [1.29, 1.82) is 0 Å². The van der Waals surface area contributed by atoms with Gasteiger partial charge >= 0.3 is 12.1 Å². The number of aromatic nitrogens is 2. The molecule has 12 heteroatoms. The average Bonchev–Trinajstić information content (AvgIpc) is 2.93. The van der Waals surface area contributed by atoms with Crippen LogP contribution in [-0.2, 0) is 19.0 Å². The number of methoxy groups -OCH3 is 1. The van der Waals surface area contributed by atoms with Crippen LogP contribution in [0.25, 0.3) is 0 Å². The van der Waals surface area contributed by atoms with Gasteiger partial charge < -0.3 is 29.8 Å². The van der Waals surface area contributed by atoms with Gasteiger partial charge in [-0.2, -0.15) is 0 Å². The highest BCUT2D eigenvalue weighted by Gasteiger charge is 2.27. The van der Waals surface area contributed by atoms with Crippen LogP contribution in [-0.4, -0.2) is 59.8 Å². The molecule has 3 aromatic rings. The van der Waals surface area contributed by atoms with Crippen LogP contribution < -0.4 is 16.2 Å². The van der Waals surface area contributed by atoms with Gasteiger partial charge in [0, 0.05) is 6.20 Å². The van der Waals surface area contributed by atoms with E-state index in [1.165, 1.54) is 0 Å². The monoisotopic (exact) mass is 536 g/mol. The first kappa shape index (κ1) is 28.6. The number of hydrogen-bond donors (Lipinski definition) is 3. The van der Waals surface area contributed by atoms with Gasteiger partial charge in [0.05, 0.1) is 25.8 Å². The third-order valence-corrected chi connectivity index (χ3v) is 5.28. The van der Waals surface area contributed by atoms with Crippen LogP contribution in [0.3, 0.4) is 0 Å². The van der Waals surface area contributed by atoms with Gasteiger partial charge in [-0.15, -0.1) is 0 Å². The number of aromatic amines is 1. The molecule has 0 bridgehead atoms. The highest BCUT2D eigenvalue weighted by Crippen LogP contribution is 2.22. The summed E-state index contributed by atoms with van der Waals surface area (Å²) in [6, 6.07) is 17.9. The molecule has 3 rings (SSSR count). The molecule has 0 spiro atoms. The van der Waals surface area contributed by atoms with E-state index in [0.717, 1.165) is 24.4 Å². The molecule has 1 heterocycles. The quantitative estimate of drug-likeness (QED) is 0.329. The van der Waals surface area contributed by atoms with Crippen LogP contribution in [0.15, 0.2) is 71.7 Å². The lowest BCUT2D eigenvalue weighted by Crippen LogP contribution is -2.41. The molecule has 1 unspecified atom stereocenters. The minimum atomic E-state index is -1.50. The minimum absolute atomic E-state index is 0.310. The van der Waals surface area contributed by atoms with Crippen molar-refractivity contribution in [3.8, 4) is 0 Å². The van der Waals surface area contributed by atoms with Crippen molar-refractivity contribution in [2.45, 2.75) is 32.1 Å². The molecule has 0 fully saturated rings. The first-order valence-electron chi connectivity index (χ1n) is 11.9. The molecule has 0 aliphatic carbocycles. The Hall–Kier alpha value is -5.00. The van der Waals surface area contributed by atoms with Crippen molar-refractivity contribution in [3.05, 3.63) is 99.7 Å². The number of nitrogens with zero attached hydrogens (tertiary/aromatic N) is 1. The van der Waals surface area contributed by atoms with Crippen molar-refractivity contribution in [1.82, 2.24) is 20.6 Å². The molecule has 2 aromatic carbocycles. The van der Waals surface area contributed by atoms with E-state index in [0.29, 0.717) is 0 Å². The Morgan fingerprint density at radius 1 is 0.897 bits per heavy atom. The molecule has 0 radical (unpaired) electrons. The van der Waals surface area contributed by atoms with Gasteiger partial charge in [0.2, 0.25) is 6.10 Å². The fourth-order valence-electron chi connectivity index (χ4n) is 3.44. The number of nitrogens with one attached hydrogen (secondary N) is 3. The number of ether oxygens (including phenoxy) is 3. The van der Waals surface area contributed by atoms with Gasteiger partial charge in [-0.25, -0.2) is 14.6 Å². The van der Waals surface area contributed by atoms with Crippen molar-refractivity contribution in [2.75, 3.05) is 13.7 Å². The SMILES string of the molecule is COC(=O)C(CNC(=O)c1ncc(C(=O)NC(c2ccccc2)c2ccccc2)c(=O)[nH]1)OC(=O)OC(C)C. The Morgan fingerprint density at radius 2 is 1.49 bits per heavy atom. The number of amides is 2. The summed E-state index contributed by atoms with van der Waals surface area (Å²) < 4.78 is 14.3. The van der Waals surface area contributed by atoms with E-state index in [2.05, 4.69) is 25.3 Å². The Kier molecular flexibility index (Phi) is 9.90. The predicted molar refractivity (Wildman–Crippen MR) is 138 cm³/mol. The normalized spacial score (nSPS) is 11.4. The number of H-pyrrole nitrogens is 1. The number of carbonyl (C=O) groups excluding carboxylic acids is 4. The Labute approximate surface area is 223 Å². The summed E-state index contributed by atoms with van der Waals surface area (Å²) in [4.78, 5) is 68.0. The van der Waals surface area contributed by atoms with E-state index in [1.54, 1.807) is 13.8 Å². The summed E-state index contributed by atoms with van der Waals surface area (Å²) in [5.74, 6) is -2.94. The molecule has 0 saturated carbocycles. The molecular weight excluding hydrogens is 508 g/mol. The average molecular weight is 537 g/mol. The Bertz CT molecular complexity index is 1320. The van der Waals surface area contributed by atoms with E-state index in [9.17, 15) is 24.0 Å². The minimum Gasteiger partial charge on any atom is -0.466 e. The maximum Gasteiger partial charge on any atom is 0.509 e. The maximum atomic E-state index is 13.0. The summed E-state index contributed by atoms with van der Waals surface area (Å²) in [7, 11) is 1.08. The van der Waals surface area contributed by atoms with Crippen molar-refractivity contribution in [2.24, 2.45) is 0 Å². The Balaban J connectivity index is 1.71. The van der Waals surface area contributed by atoms with Crippen molar-refractivity contribution in [3.63, 3.8) is 0 Å². The van der Waals surface area contributed by atoms with Crippen LogP contribution in [0.2, 0.25) is 0 Å². The van der Waals surface area contributed by atoms with E-state index in [1.807, 2.05) is 60.7 Å². The number of benzene rings is 2. The van der Waals surface area contributed by atoms with E-state index in [-0.39, 0.29) is 5.56 Å². The molecule has 0 aliphatic heterocycles. The summed E-state index contributed by atoms with van der Waals surface area (Å²) in [6.07, 6.45) is -2.15. The van der Waals surface area contributed by atoms with Gasteiger partial charge in [-0.05, 0) is 25.0 Å². The van der Waals surface area contributed by atoms with Crippen molar-refractivity contribution < 1.29 is 33.4 Å². The lowest BCUT2D eigenvalue weighted by atomic mass is 9.98. The molecule has 204 valence electrons. The van der Waals surface area contributed by atoms with Gasteiger partial charge in [0.15, 0.2) is 5.82 Å². The van der Waals surface area contributed by atoms with E-state index < -0.39 is 60.1 Å². The molecule has 12 nitrogen and oxygen atoms in total. The zero-order chi connectivity index (χ0) is 28.4. The lowest BCUT2D eigenvalue weighted by molar-refractivity contribution is -0.151.